The topological polar surface area (TPSA) is 85.2 Å². The van der Waals surface area contributed by atoms with Crippen LogP contribution < -0.4 is 15.4 Å². The lowest BCUT2D eigenvalue weighted by atomic mass is 10.2. The van der Waals surface area contributed by atoms with Crippen LogP contribution in [0.15, 0.2) is 54.7 Å². The molecule has 3 rings (SSSR count). The molecule has 8 heteroatoms. The molecular weight excluding hydrogens is 392 g/mol. The number of carbonyl (C=O) groups is 2. The first kappa shape index (κ1) is 20.4. The highest BCUT2D eigenvalue weighted by Crippen LogP contribution is 2.18. The summed E-state index contributed by atoms with van der Waals surface area (Å²) < 4.78 is 6.73. The van der Waals surface area contributed by atoms with Crippen molar-refractivity contribution in [1.82, 2.24) is 20.4 Å². The molecule has 29 heavy (non-hydrogen) atoms. The molecular formula is C21H21ClN4O3. The number of hydrogen-bond acceptors (Lipinski definition) is 4. The van der Waals surface area contributed by atoms with Gasteiger partial charge >= 0.3 is 0 Å². The van der Waals surface area contributed by atoms with Gasteiger partial charge in [-0.3, -0.25) is 9.59 Å². The maximum atomic E-state index is 12.4. The molecule has 0 saturated heterocycles. The van der Waals surface area contributed by atoms with E-state index in [0.29, 0.717) is 22.8 Å². The summed E-state index contributed by atoms with van der Waals surface area (Å²) in [5.74, 6) is 0.102. The van der Waals surface area contributed by atoms with E-state index in [1.807, 2.05) is 36.4 Å². The van der Waals surface area contributed by atoms with Crippen molar-refractivity contribution >= 4 is 23.4 Å². The number of halogens is 1. The summed E-state index contributed by atoms with van der Waals surface area (Å²) in [5.41, 5.74) is 2.74. The first-order valence-corrected chi connectivity index (χ1v) is 9.34. The molecule has 0 radical (unpaired) electrons. The number of methoxy groups -OCH3 is 1. The Balaban J connectivity index is 1.54. The molecule has 3 aromatic rings. The molecule has 0 bridgehead atoms. The first-order valence-electron chi connectivity index (χ1n) is 8.96. The standard InChI is InChI=1S/C21H21ClN4O3/c1-14-19(12-25-26(14)17-5-3-4-16(22)10-17)21(28)24-13-20(27)23-11-15-6-8-18(29-2)9-7-15/h3-10,12H,11,13H2,1-2H3,(H,23,27)(H,24,28). The van der Waals surface area contributed by atoms with E-state index in [2.05, 4.69) is 15.7 Å². The number of benzene rings is 2. The summed E-state index contributed by atoms with van der Waals surface area (Å²) >= 11 is 6.02. The van der Waals surface area contributed by atoms with Crippen LogP contribution in [0.5, 0.6) is 5.75 Å². The third-order valence-electron chi connectivity index (χ3n) is 4.37. The van der Waals surface area contributed by atoms with Crippen molar-refractivity contribution in [3.63, 3.8) is 0 Å². The van der Waals surface area contributed by atoms with Crippen LogP contribution in [-0.2, 0) is 11.3 Å². The highest BCUT2D eigenvalue weighted by Gasteiger charge is 2.16. The molecule has 150 valence electrons. The van der Waals surface area contributed by atoms with Crippen LogP contribution in [-0.4, -0.2) is 35.2 Å². The number of hydrogen-bond donors (Lipinski definition) is 2. The van der Waals surface area contributed by atoms with Crippen molar-refractivity contribution in [1.29, 1.82) is 0 Å². The van der Waals surface area contributed by atoms with Gasteiger partial charge in [0.2, 0.25) is 5.91 Å². The minimum Gasteiger partial charge on any atom is -0.497 e. The van der Waals surface area contributed by atoms with Gasteiger partial charge in [0.15, 0.2) is 0 Å². The molecule has 1 heterocycles. The maximum Gasteiger partial charge on any atom is 0.255 e. The predicted octanol–water partition coefficient (Wildman–Crippen LogP) is 2.89. The zero-order chi connectivity index (χ0) is 20.8. The summed E-state index contributed by atoms with van der Waals surface area (Å²) in [5, 5.41) is 10.2. The van der Waals surface area contributed by atoms with Gasteiger partial charge < -0.3 is 15.4 Å². The lowest BCUT2D eigenvalue weighted by Crippen LogP contribution is -2.36. The van der Waals surface area contributed by atoms with Crippen molar-refractivity contribution in [2.45, 2.75) is 13.5 Å². The van der Waals surface area contributed by atoms with Gasteiger partial charge in [-0.25, -0.2) is 4.68 Å². The van der Waals surface area contributed by atoms with E-state index in [-0.39, 0.29) is 18.4 Å². The Morgan fingerprint density at radius 1 is 1.14 bits per heavy atom. The van der Waals surface area contributed by atoms with Gasteiger partial charge in [-0.2, -0.15) is 5.10 Å². The van der Waals surface area contributed by atoms with E-state index in [9.17, 15) is 9.59 Å². The average Bonchev–Trinajstić information content (AvgIpc) is 3.12. The normalized spacial score (nSPS) is 10.4. The number of ether oxygens (including phenoxy) is 1. The van der Waals surface area contributed by atoms with E-state index in [4.69, 9.17) is 16.3 Å². The van der Waals surface area contributed by atoms with E-state index in [1.165, 1.54) is 6.20 Å². The molecule has 0 aliphatic rings. The first-order chi connectivity index (χ1) is 14.0. The predicted molar refractivity (Wildman–Crippen MR) is 110 cm³/mol. The van der Waals surface area contributed by atoms with Crippen molar-refractivity contribution in [3.8, 4) is 11.4 Å². The molecule has 0 aliphatic heterocycles. The minimum atomic E-state index is -0.365. The molecule has 7 nitrogen and oxygen atoms in total. The number of carbonyl (C=O) groups excluding carboxylic acids is 2. The summed E-state index contributed by atoms with van der Waals surface area (Å²) in [4.78, 5) is 24.5. The molecule has 0 fully saturated rings. The summed E-state index contributed by atoms with van der Waals surface area (Å²) in [6, 6.07) is 14.6. The van der Waals surface area contributed by atoms with Crippen molar-refractivity contribution in [2.24, 2.45) is 0 Å². The Hall–Kier alpha value is -3.32. The number of amides is 2. The number of nitrogens with one attached hydrogen (secondary N) is 2. The molecule has 0 atom stereocenters. The maximum absolute atomic E-state index is 12.4. The van der Waals surface area contributed by atoms with Gasteiger partial charge in [0.1, 0.15) is 5.75 Å². The quantitative estimate of drug-likeness (QED) is 0.624. The van der Waals surface area contributed by atoms with E-state index in [0.717, 1.165) is 17.0 Å². The van der Waals surface area contributed by atoms with Gasteiger partial charge in [-0.1, -0.05) is 29.8 Å². The van der Waals surface area contributed by atoms with Gasteiger partial charge in [-0.15, -0.1) is 0 Å². The third-order valence-corrected chi connectivity index (χ3v) is 4.60. The average molecular weight is 413 g/mol. The number of nitrogens with zero attached hydrogens (tertiary/aromatic N) is 2. The lowest BCUT2D eigenvalue weighted by molar-refractivity contribution is -0.120. The highest BCUT2D eigenvalue weighted by atomic mass is 35.5. The van der Waals surface area contributed by atoms with Gasteiger partial charge in [0.05, 0.1) is 36.8 Å². The Morgan fingerprint density at radius 3 is 2.59 bits per heavy atom. The Kier molecular flexibility index (Phi) is 6.51. The molecule has 0 unspecified atom stereocenters. The van der Waals surface area contributed by atoms with Gasteiger partial charge in [0.25, 0.3) is 5.91 Å². The van der Waals surface area contributed by atoms with Crippen LogP contribution in [0.3, 0.4) is 0 Å². The Bertz CT molecular complexity index is 1020. The third kappa shape index (κ3) is 5.14. The van der Waals surface area contributed by atoms with Crippen LogP contribution in [0.2, 0.25) is 5.02 Å². The van der Waals surface area contributed by atoms with Crippen LogP contribution in [0, 0.1) is 6.92 Å². The summed E-state index contributed by atoms with van der Waals surface area (Å²) in [6.45, 7) is 2.02. The van der Waals surface area contributed by atoms with E-state index < -0.39 is 0 Å². The Morgan fingerprint density at radius 2 is 1.90 bits per heavy atom. The Labute approximate surface area is 173 Å². The summed E-state index contributed by atoms with van der Waals surface area (Å²) in [7, 11) is 1.60. The lowest BCUT2D eigenvalue weighted by Gasteiger charge is -2.08. The molecule has 0 spiro atoms. The van der Waals surface area contributed by atoms with E-state index in [1.54, 1.807) is 30.8 Å². The van der Waals surface area contributed by atoms with Gasteiger partial charge in [0, 0.05) is 11.6 Å². The van der Waals surface area contributed by atoms with Crippen LogP contribution in [0.4, 0.5) is 0 Å². The molecule has 0 saturated carbocycles. The molecule has 2 amide bonds. The SMILES string of the molecule is COc1ccc(CNC(=O)CNC(=O)c2cnn(-c3cccc(Cl)c3)c2C)cc1. The fourth-order valence-electron chi connectivity index (χ4n) is 2.76. The summed E-state index contributed by atoms with van der Waals surface area (Å²) in [6.07, 6.45) is 1.47. The fourth-order valence-corrected chi connectivity index (χ4v) is 2.95. The van der Waals surface area contributed by atoms with Crippen molar-refractivity contribution in [2.75, 3.05) is 13.7 Å². The second kappa shape index (κ2) is 9.25. The van der Waals surface area contributed by atoms with Crippen LogP contribution in [0.25, 0.3) is 5.69 Å². The molecule has 0 aliphatic carbocycles. The smallest absolute Gasteiger partial charge is 0.255 e. The van der Waals surface area contributed by atoms with E-state index >= 15 is 0 Å². The van der Waals surface area contributed by atoms with Crippen molar-refractivity contribution in [3.05, 3.63) is 76.6 Å². The molecule has 1 aromatic heterocycles. The second-order valence-electron chi connectivity index (χ2n) is 6.34. The second-order valence-corrected chi connectivity index (χ2v) is 6.78. The monoisotopic (exact) mass is 412 g/mol. The highest BCUT2D eigenvalue weighted by molar-refractivity contribution is 6.30. The van der Waals surface area contributed by atoms with Gasteiger partial charge in [-0.05, 0) is 42.8 Å². The largest absolute Gasteiger partial charge is 0.497 e. The van der Waals surface area contributed by atoms with Crippen molar-refractivity contribution < 1.29 is 14.3 Å². The fraction of sp³-hybridized carbons (Fsp3) is 0.190. The zero-order valence-electron chi connectivity index (χ0n) is 16.1. The minimum absolute atomic E-state index is 0.128. The number of aromatic nitrogens is 2. The zero-order valence-corrected chi connectivity index (χ0v) is 16.9. The number of rotatable bonds is 7. The van der Waals surface area contributed by atoms with Crippen LogP contribution >= 0.6 is 11.6 Å². The molecule has 2 aromatic carbocycles. The van der Waals surface area contributed by atoms with Crippen LogP contribution in [0.1, 0.15) is 21.6 Å². The molecule has 2 N–H and O–H groups in total.